The van der Waals surface area contributed by atoms with E-state index in [1.54, 1.807) is 18.2 Å². The highest BCUT2D eigenvalue weighted by atomic mass is 79.9. The number of carbonyl (C=O) groups excluding carboxylic acids is 2. The summed E-state index contributed by atoms with van der Waals surface area (Å²) in [6.07, 6.45) is 0.222. The second kappa shape index (κ2) is 15.8. The van der Waals surface area contributed by atoms with Gasteiger partial charge >= 0.3 is 0 Å². The lowest BCUT2D eigenvalue weighted by Gasteiger charge is -2.34. The van der Waals surface area contributed by atoms with Crippen LogP contribution >= 0.6 is 39.1 Å². The van der Waals surface area contributed by atoms with Crippen LogP contribution in [0.5, 0.6) is 0 Å². The number of anilines is 1. The summed E-state index contributed by atoms with van der Waals surface area (Å²) >= 11 is 16.1. The Bertz CT molecular complexity index is 1710. The smallest absolute Gasteiger partial charge is 0.264 e. The van der Waals surface area contributed by atoms with Gasteiger partial charge < -0.3 is 10.2 Å². The molecular formula is C34H34BrCl2N3O4S. The molecule has 11 heteroatoms. The number of carbonyl (C=O) groups is 2. The first kappa shape index (κ1) is 34.5. The van der Waals surface area contributed by atoms with Gasteiger partial charge in [0.2, 0.25) is 11.8 Å². The number of rotatable bonds is 13. The standard InChI is InChI=1S/C34H34BrCl2N3O4S/c1-24(2)21-38-34(42)32(19-25-9-5-3-6-10-25)39(22-26-13-15-27(35)16-14-26)33(41)23-40(31-18-17-28(36)20-30(31)37)45(43,44)29-11-7-4-8-12-29/h3-18,20,24,32H,19,21-23H2,1-2H3,(H,38,42)/t32-/m1/s1. The zero-order valence-corrected chi connectivity index (χ0v) is 28.8. The molecule has 0 bridgehead atoms. The van der Waals surface area contributed by atoms with E-state index >= 15 is 0 Å². The molecule has 4 rings (SSSR count). The van der Waals surface area contributed by atoms with E-state index in [2.05, 4.69) is 21.2 Å². The highest BCUT2D eigenvalue weighted by Gasteiger charge is 2.35. The molecule has 0 fully saturated rings. The van der Waals surface area contributed by atoms with Gasteiger partial charge in [0.1, 0.15) is 12.6 Å². The van der Waals surface area contributed by atoms with Gasteiger partial charge in [-0.05, 0) is 59.5 Å². The van der Waals surface area contributed by atoms with E-state index in [1.807, 2.05) is 68.4 Å². The van der Waals surface area contributed by atoms with Gasteiger partial charge in [-0.2, -0.15) is 0 Å². The molecule has 0 aliphatic carbocycles. The molecule has 0 heterocycles. The van der Waals surface area contributed by atoms with E-state index in [0.29, 0.717) is 11.6 Å². The first-order valence-corrected chi connectivity index (χ1v) is 17.3. The van der Waals surface area contributed by atoms with Crippen LogP contribution in [0.3, 0.4) is 0 Å². The lowest BCUT2D eigenvalue weighted by molar-refractivity contribution is -0.140. The van der Waals surface area contributed by atoms with Crippen molar-refractivity contribution >= 4 is 66.7 Å². The Hall–Kier alpha value is -3.37. The lowest BCUT2D eigenvalue weighted by Crippen LogP contribution is -2.53. The van der Waals surface area contributed by atoms with Gasteiger partial charge in [-0.3, -0.25) is 13.9 Å². The van der Waals surface area contributed by atoms with Crippen molar-refractivity contribution in [2.45, 2.75) is 37.8 Å². The normalized spacial score (nSPS) is 12.0. The fraction of sp³-hybridized carbons (Fsp3) is 0.235. The Kier molecular flexibility index (Phi) is 12.1. The van der Waals surface area contributed by atoms with Crippen molar-refractivity contribution in [3.63, 3.8) is 0 Å². The van der Waals surface area contributed by atoms with E-state index < -0.39 is 28.5 Å². The topological polar surface area (TPSA) is 86.8 Å². The summed E-state index contributed by atoms with van der Waals surface area (Å²) < 4.78 is 30.0. The molecule has 0 unspecified atom stereocenters. The van der Waals surface area contributed by atoms with Crippen molar-refractivity contribution in [2.75, 3.05) is 17.4 Å². The molecule has 0 saturated carbocycles. The van der Waals surface area contributed by atoms with E-state index in [4.69, 9.17) is 23.2 Å². The Morgan fingerprint density at radius 1 is 0.844 bits per heavy atom. The Balaban J connectivity index is 1.81. The van der Waals surface area contributed by atoms with Crippen molar-refractivity contribution in [3.05, 3.63) is 129 Å². The second-order valence-electron chi connectivity index (χ2n) is 10.9. The Morgan fingerprint density at radius 3 is 2.07 bits per heavy atom. The van der Waals surface area contributed by atoms with E-state index in [-0.39, 0.29) is 40.4 Å². The highest BCUT2D eigenvalue weighted by Crippen LogP contribution is 2.33. The summed E-state index contributed by atoms with van der Waals surface area (Å²) in [5.74, 6) is -0.732. The van der Waals surface area contributed by atoms with Crippen LogP contribution in [0.2, 0.25) is 10.0 Å². The van der Waals surface area contributed by atoms with E-state index in [1.165, 1.54) is 35.2 Å². The van der Waals surface area contributed by atoms with Crippen molar-refractivity contribution < 1.29 is 18.0 Å². The minimum Gasteiger partial charge on any atom is -0.354 e. The Labute approximate surface area is 283 Å². The average Bonchev–Trinajstić information content (AvgIpc) is 3.02. The third kappa shape index (κ3) is 9.33. The number of amides is 2. The summed E-state index contributed by atoms with van der Waals surface area (Å²) in [6, 6.07) is 28.1. The third-order valence-electron chi connectivity index (χ3n) is 7.01. The molecular weight excluding hydrogens is 697 g/mol. The predicted molar refractivity (Wildman–Crippen MR) is 184 cm³/mol. The molecule has 0 radical (unpaired) electrons. The number of nitrogens with zero attached hydrogens (tertiary/aromatic N) is 2. The summed E-state index contributed by atoms with van der Waals surface area (Å²) in [6.45, 7) is 3.84. The minimum absolute atomic E-state index is 0.0150. The van der Waals surface area contributed by atoms with Crippen LogP contribution in [-0.2, 0) is 32.6 Å². The van der Waals surface area contributed by atoms with Crippen LogP contribution in [-0.4, -0.2) is 44.3 Å². The number of sulfonamides is 1. The monoisotopic (exact) mass is 729 g/mol. The highest BCUT2D eigenvalue weighted by molar-refractivity contribution is 9.10. The van der Waals surface area contributed by atoms with Crippen molar-refractivity contribution in [3.8, 4) is 0 Å². The molecule has 1 N–H and O–H groups in total. The van der Waals surface area contributed by atoms with Crippen LogP contribution in [0.4, 0.5) is 5.69 Å². The van der Waals surface area contributed by atoms with Gasteiger partial charge in [-0.15, -0.1) is 0 Å². The van der Waals surface area contributed by atoms with Crippen molar-refractivity contribution in [2.24, 2.45) is 5.92 Å². The maximum atomic E-state index is 14.5. The fourth-order valence-electron chi connectivity index (χ4n) is 4.68. The minimum atomic E-state index is -4.27. The van der Waals surface area contributed by atoms with Crippen LogP contribution in [0.15, 0.2) is 112 Å². The summed E-state index contributed by atoms with van der Waals surface area (Å²) in [4.78, 5) is 29.8. The predicted octanol–water partition coefficient (Wildman–Crippen LogP) is 7.36. The largest absolute Gasteiger partial charge is 0.354 e. The van der Waals surface area contributed by atoms with Gasteiger partial charge in [0, 0.05) is 29.0 Å². The SMILES string of the molecule is CC(C)CNC(=O)[C@@H](Cc1ccccc1)N(Cc1ccc(Br)cc1)C(=O)CN(c1ccc(Cl)cc1Cl)S(=O)(=O)c1ccccc1. The number of hydrogen-bond acceptors (Lipinski definition) is 4. The van der Waals surface area contributed by atoms with Crippen molar-refractivity contribution in [1.82, 2.24) is 10.2 Å². The molecule has 0 aliphatic rings. The van der Waals surface area contributed by atoms with Gasteiger partial charge in [0.15, 0.2) is 0 Å². The maximum absolute atomic E-state index is 14.5. The third-order valence-corrected chi connectivity index (χ3v) is 9.85. The Morgan fingerprint density at radius 2 is 1.47 bits per heavy atom. The quantitative estimate of drug-likeness (QED) is 0.156. The van der Waals surface area contributed by atoms with Gasteiger partial charge in [-0.1, -0.05) is 114 Å². The first-order chi connectivity index (χ1) is 21.5. The molecule has 1 atom stereocenters. The van der Waals surface area contributed by atoms with Crippen LogP contribution in [0.1, 0.15) is 25.0 Å². The zero-order valence-electron chi connectivity index (χ0n) is 24.9. The van der Waals surface area contributed by atoms with Crippen molar-refractivity contribution in [1.29, 1.82) is 0 Å². The molecule has 4 aromatic rings. The number of halogens is 3. The van der Waals surface area contributed by atoms with Crippen LogP contribution in [0.25, 0.3) is 0 Å². The molecule has 0 spiro atoms. The molecule has 0 saturated heterocycles. The van der Waals surface area contributed by atoms with Gasteiger partial charge in [0.05, 0.1) is 15.6 Å². The zero-order chi connectivity index (χ0) is 32.6. The molecule has 0 aliphatic heterocycles. The van der Waals surface area contributed by atoms with E-state index in [9.17, 15) is 18.0 Å². The molecule has 7 nitrogen and oxygen atoms in total. The molecule has 4 aromatic carbocycles. The summed E-state index contributed by atoms with van der Waals surface area (Å²) in [7, 11) is -4.27. The summed E-state index contributed by atoms with van der Waals surface area (Å²) in [5.41, 5.74) is 1.71. The molecule has 2 amide bonds. The lowest BCUT2D eigenvalue weighted by atomic mass is 10.0. The van der Waals surface area contributed by atoms with Crippen LogP contribution in [0, 0.1) is 5.92 Å². The number of benzene rings is 4. The molecule has 236 valence electrons. The fourth-order valence-corrected chi connectivity index (χ4v) is 6.96. The van der Waals surface area contributed by atoms with Gasteiger partial charge in [0.25, 0.3) is 10.0 Å². The average molecular weight is 732 g/mol. The second-order valence-corrected chi connectivity index (χ2v) is 14.5. The van der Waals surface area contributed by atoms with Gasteiger partial charge in [-0.25, -0.2) is 8.42 Å². The molecule has 45 heavy (non-hydrogen) atoms. The van der Waals surface area contributed by atoms with Crippen LogP contribution < -0.4 is 9.62 Å². The first-order valence-electron chi connectivity index (χ1n) is 14.3. The molecule has 0 aromatic heterocycles. The number of hydrogen-bond donors (Lipinski definition) is 1. The van der Waals surface area contributed by atoms with E-state index in [0.717, 1.165) is 19.9 Å². The maximum Gasteiger partial charge on any atom is 0.264 e. The summed E-state index contributed by atoms with van der Waals surface area (Å²) in [5, 5.41) is 3.35. The number of nitrogens with one attached hydrogen (secondary N) is 1.